The molecule has 1 aromatic carbocycles. The minimum Gasteiger partial charge on any atom is -0.267 e. The molecule has 0 aliphatic rings. The van der Waals surface area contributed by atoms with E-state index < -0.39 is 0 Å². The molecule has 0 amide bonds. The minimum absolute atomic E-state index is 0.191. The summed E-state index contributed by atoms with van der Waals surface area (Å²) in [5, 5.41) is 6.10. The van der Waals surface area contributed by atoms with Crippen LogP contribution >= 0.6 is 0 Å². The summed E-state index contributed by atoms with van der Waals surface area (Å²) in [7, 11) is 0. The second kappa shape index (κ2) is 5.65. The Bertz CT molecular complexity index is 689. The zero-order valence-electron chi connectivity index (χ0n) is 12.6. The zero-order valence-corrected chi connectivity index (χ0v) is 12.6. The van der Waals surface area contributed by atoms with Crippen molar-refractivity contribution in [3.63, 3.8) is 0 Å². The summed E-state index contributed by atoms with van der Waals surface area (Å²) in [5.74, 6) is 0. The Labute approximate surface area is 118 Å². The Kier molecular flexibility index (Phi) is 4.12. The van der Waals surface area contributed by atoms with Gasteiger partial charge in [0.2, 0.25) is 0 Å². The zero-order chi connectivity index (χ0) is 14.9. The van der Waals surface area contributed by atoms with E-state index in [1.54, 1.807) is 0 Å². The van der Waals surface area contributed by atoms with Crippen LogP contribution < -0.4 is 11.1 Å². The topological polar surface area (TPSA) is 65.7 Å². The third kappa shape index (κ3) is 1.99. The lowest BCUT2D eigenvalue weighted by Crippen LogP contribution is -2.23. The summed E-state index contributed by atoms with van der Waals surface area (Å²) in [6.07, 6.45) is 3.31. The van der Waals surface area contributed by atoms with E-state index in [4.69, 9.17) is 0 Å². The van der Waals surface area contributed by atoms with Crippen molar-refractivity contribution in [2.24, 2.45) is 0 Å². The Morgan fingerprint density at radius 2 is 0.900 bits per heavy atom. The molecule has 0 unspecified atom stereocenters. The third-order valence-corrected chi connectivity index (χ3v) is 4.10. The van der Waals surface area contributed by atoms with E-state index in [0.29, 0.717) is 10.8 Å². The number of hydrogen-bond donors (Lipinski definition) is 2. The van der Waals surface area contributed by atoms with E-state index in [1.165, 1.54) is 11.1 Å². The summed E-state index contributed by atoms with van der Waals surface area (Å²) >= 11 is 0. The molecule has 4 nitrogen and oxygen atoms in total. The first kappa shape index (κ1) is 14.6. The molecule has 0 radical (unpaired) electrons. The predicted molar refractivity (Wildman–Crippen MR) is 82.7 cm³/mol. The normalized spacial score (nSPS) is 11.2. The lowest BCUT2D eigenvalue weighted by atomic mass is 9.86. The van der Waals surface area contributed by atoms with Crippen molar-refractivity contribution in [3.05, 3.63) is 43.0 Å². The third-order valence-electron chi connectivity index (χ3n) is 4.10. The van der Waals surface area contributed by atoms with Crippen LogP contribution in [0, 0.1) is 0 Å². The first-order valence-electron chi connectivity index (χ1n) is 7.40. The molecule has 20 heavy (non-hydrogen) atoms. The highest BCUT2D eigenvalue weighted by molar-refractivity contribution is 5.89. The van der Waals surface area contributed by atoms with Crippen molar-refractivity contribution in [3.8, 4) is 0 Å². The van der Waals surface area contributed by atoms with Crippen LogP contribution in [0.25, 0.3) is 10.8 Å². The van der Waals surface area contributed by atoms with Gasteiger partial charge in [-0.3, -0.25) is 19.8 Å². The molecule has 4 heteroatoms. The fraction of sp³-hybridized carbons (Fsp3) is 0.500. The lowest BCUT2D eigenvalue weighted by molar-refractivity contribution is 0.931. The summed E-state index contributed by atoms with van der Waals surface area (Å²) < 4.78 is 0. The van der Waals surface area contributed by atoms with Crippen molar-refractivity contribution in [1.82, 2.24) is 10.2 Å². The Morgan fingerprint density at radius 1 is 0.600 bits per heavy atom. The molecule has 2 rings (SSSR count). The second-order valence-corrected chi connectivity index (χ2v) is 4.99. The van der Waals surface area contributed by atoms with Gasteiger partial charge in [-0.1, -0.05) is 27.7 Å². The van der Waals surface area contributed by atoms with Crippen molar-refractivity contribution < 1.29 is 0 Å². The van der Waals surface area contributed by atoms with Gasteiger partial charge in [0.15, 0.2) is 0 Å². The van der Waals surface area contributed by atoms with Gasteiger partial charge in [-0.15, -0.1) is 0 Å². The van der Waals surface area contributed by atoms with E-state index in [0.717, 1.165) is 36.8 Å². The van der Waals surface area contributed by atoms with Crippen molar-refractivity contribution in [2.75, 3.05) is 0 Å². The Morgan fingerprint density at radius 3 is 1.15 bits per heavy atom. The van der Waals surface area contributed by atoms with Crippen LogP contribution in [0.5, 0.6) is 0 Å². The van der Waals surface area contributed by atoms with Crippen LogP contribution in [0.15, 0.2) is 9.59 Å². The van der Waals surface area contributed by atoms with Crippen molar-refractivity contribution >= 4 is 10.8 Å². The van der Waals surface area contributed by atoms with Gasteiger partial charge in [0.1, 0.15) is 0 Å². The second-order valence-electron chi connectivity index (χ2n) is 4.99. The molecule has 0 fully saturated rings. The molecule has 2 N–H and O–H groups in total. The number of aromatic nitrogens is 2. The average molecular weight is 274 g/mol. The summed E-state index contributed by atoms with van der Waals surface area (Å²) in [5.41, 5.74) is 4.17. The molecule has 108 valence electrons. The Balaban J connectivity index is 3.19. The van der Waals surface area contributed by atoms with E-state index in [2.05, 4.69) is 24.0 Å². The van der Waals surface area contributed by atoms with Crippen LogP contribution in [0.4, 0.5) is 0 Å². The van der Waals surface area contributed by atoms with Crippen LogP contribution in [0.3, 0.4) is 0 Å². The quantitative estimate of drug-likeness (QED) is 0.899. The fourth-order valence-corrected chi connectivity index (χ4v) is 3.34. The maximum atomic E-state index is 12.2. The van der Waals surface area contributed by atoms with Gasteiger partial charge < -0.3 is 0 Å². The molecule has 2 aromatic rings. The van der Waals surface area contributed by atoms with E-state index in [9.17, 15) is 9.59 Å². The fourth-order valence-electron chi connectivity index (χ4n) is 3.34. The molecular weight excluding hydrogens is 252 g/mol. The standard InChI is InChI=1S/C16H22N2O2/c1-5-9-10(6-2)12(8-4)14-13(11(9)7-3)15(19)17-18-16(14)20/h5-8H2,1-4H3,(H,17,19)(H,18,20). The van der Waals surface area contributed by atoms with Gasteiger partial charge in [0.25, 0.3) is 11.1 Å². The lowest BCUT2D eigenvalue weighted by Gasteiger charge is -2.19. The highest BCUT2D eigenvalue weighted by Crippen LogP contribution is 2.28. The number of nitrogens with one attached hydrogen (secondary N) is 2. The number of aryl methyl sites for hydroxylation is 2. The maximum Gasteiger partial charge on any atom is 0.270 e. The number of rotatable bonds is 4. The van der Waals surface area contributed by atoms with Gasteiger partial charge in [-0.05, 0) is 47.9 Å². The van der Waals surface area contributed by atoms with E-state index in [-0.39, 0.29) is 11.1 Å². The largest absolute Gasteiger partial charge is 0.270 e. The molecule has 1 aromatic heterocycles. The minimum atomic E-state index is -0.191. The molecule has 0 saturated carbocycles. The summed E-state index contributed by atoms with van der Waals surface area (Å²) in [4.78, 5) is 24.4. The molecule has 0 spiro atoms. The van der Waals surface area contributed by atoms with Gasteiger partial charge >= 0.3 is 0 Å². The number of hydrogen-bond acceptors (Lipinski definition) is 2. The van der Waals surface area contributed by atoms with Crippen molar-refractivity contribution in [1.29, 1.82) is 0 Å². The number of H-pyrrole nitrogens is 2. The first-order valence-corrected chi connectivity index (χ1v) is 7.40. The SMILES string of the molecule is CCc1c(CC)c(CC)c2c(=O)[nH][nH]c(=O)c2c1CC. The summed E-state index contributed by atoms with van der Waals surface area (Å²) in [6, 6.07) is 0. The molecule has 0 atom stereocenters. The highest BCUT2D eigenvalue weighted by atomic mass is 16.1. The molecular formula is C16H22N2O2. The highest BCUT2D eigenvalue weighted by Gasteiger charge is 2.19. The van der Waals surface area contributed by atoms with Crippen LogP contribution in [-0.2, 0) is 25.7 Å². The predicted octanol–water partition coefficient (Wildman–Crippen LogP) is 2.47. The van der Waals surface area contributed by atoms with Crippen LogP contribution in [0.2, 0.25) is 0 Å². The molecule has 0 saturated heterocycles. The summed E-state index contributed by atoms with van der Waals surface area (Å²) in [6.45, 7) is 8.31. The molecule has 0 aliphatic carbocycles. The molecule has 0 bridgehead atoms. The van der Waals surface area contributed by atoms with Gasteiger partial charge in [-0.25, -0.2) is 0 Å². The monoisotopic (exact) mass is 274 g/mol. The first-order chi connectivity index (χ1) is 9.60. The van der Waals surface area contributed by atoms with Crippen LogP contribution in [0.1, 0.15) is 49.9 Å². The van der Waals surface area contributed by atoms with Gasteiger partial charge in [0, 0.05) is 0 Å². The van der Waals surface area contributed by atoms with Crippen molar-refractivity contribution in [2.45, 2.75) is 53.4 Å². The van der Waals surface area contributed by atoms with E-state index >= 15 is 0 Å². The number of fused-ring (bicyclic) bond motifs is 1. The average Bonchev–Trinajstić information content (AvgIpc) is 2.47. The van der Waals surface area contributed by atoms with E-state index in [1.807, 2.05) is 13.8 Å². The molecule has 1 heterocycles. The maximum absolute atomic E-state index is 12.2. The van der Waals surface area contributed by atoms with Gasteiger partial charge in [-0.2, -0.15) is 0 Å². The molecule has 0 aliphatic heterocycles. The Hall–Kier alpha value is -1.84. The van der Waals surface area contributed by atoms with Crippen LogP contribution in [-0.4, -0.2) is 10.2 Å². The number of benzene rings is 1. The number of aromatic amines is 2. The smallest absolute Gasteiger partial charge is 0.267 e. The van der Waals surface area contributed by atoms with Gasteiger partial charge in [0.05, 0.1) is 10.8 Å².